The summed E-state index contributed by atoms with van der Waals surface area (Å²) in [6, 6.07) is 11.7. The highest BCUT2D eigenvalue weighted by Gasteiger charge is 2.04. The molecular formula is C15H15Cl2NS2. The molecule has 0 atom stereocenters. The Morgan fingerprint density at radius 3 is 2.35 bits per heavy atom. The van der Waals surface area contributed by atoms with Gasteiger partial charge in [-0.3, -0.25) is 0 Å². The Balaban J connectivity index is 1.86. The molecule has 0 saturated carbocycles. The molecule has 0 aliphatic heterocycles. The van der Waals surface area contributed by atoms with Crippen molar-refractivity contribution in [3.8, 4) is 0 Å². The van der Waals surface area contributed by atoms with Crippen molar-refractivity contribution in [1.29, 1.82) is 0 Å². The molecule has 2 N–H and O–H groups in total. The molecule has 5 heteroatoms. The molecule has 0 saturated heterocycles. The summed E-state index contributed by atoms with van der Waals surface area (Å²) >= 11 is 15.6. The number of hydrogen-bond donors (Lipinski definition) is 1. The average molecular weight is 344 g/mol. The molecule has 2 aromatic rings. The van der Waals surface area contributed by atoms with Crippen LogP contribution in [-0.4, -0.2) is 11.5 Å². The Hall–Kier alpha value is -0.480. The van der Waals surface area contributed by atoms with E-state index < -0.39 is 0 Å². The molecule has 0 aliphatic rings. The lowest BCUT2D eigenvalue weighted by Gasteiger charge is -2.07. The second-order valence-electron chi connectivity index (χ2n) is 4.31. The molecule has 0 fully saturated rings. The minimum Gasteiger partial charge on any atom is -0.398 e. The van der Waals surface area contributed by atoms with E-state index >= 15 is 0 Å². The van der Waals surface area contributed by atoms with E-state index in [1.54, 1.807) is 29.6 Å². The molecular weight excluding hydrogens is 329 g/mol. The van der Waals surface area contributed by atoms with E-state index in [-0.39, 0.29) is 0 Å². The molecule has 0 radical (unpaired) electrons. The van der Waals surface area contributed by atoms with Crippen LogP contribution in [0.3, 0.4) is 0 Å². The van der Waals surface area contributed by atoms with Crippen molar-refractivity contribution in [3.05, 3.63) is 52.0 Å². The lowest BCUT2D eigenvalue weighted by molar-refractivity contribution is 1.37. The molecule has 0 amide bonds. The van der Waals surface area contributed by atoms with E-state index in [9.17, 15) is 0 Å². The van der Waals surface area contributed by atoms with Crippen molar-refractivity contribution in [1.82, 2.24) is 0 Å². The second-order valence-corrected chi connectivity index (χ2v) is 7.43. The molecule has 106 valence electrons. The molecule has 0 aromatic heterocycles. The molecule has 0 spiro atoms. The van der Waals surface area contributed by atoms with Crippen molar-refractivity contribution >= 4 is 52.4 Å². The van der Waals surface area contributed by atoms with Crippen LogP contribution in [-0.2, 0) is 0 Å². The van der Waals surface area contributed by atoms with Gasteiger partial charge >= 0.3 is 0 Å². The highest BCUT2D eigenvalue weighted by atomic mass is 35.5. The normalized spacial score (nSPS) is 10.8. The predicted octanol–water partition coefficient (Wildman–Crippen LogP) is 5.77. The molecule has 20 heavy (non-hydrogen) atoms. The standard InChI is InChI=1S/C15H15Cl2NS2/c1-10-2-5-14(13(18)8-10)19-6-7-20-15-9-11(16)3-4-12(15)17/h2-5,8-9H,6-7,18H2,1H3. The fourth-order valence-corrected chi connectivity index (χ4v) is 4.12. The van der Waals surface area contributed by atoms with Crippen LogP contribution in [0.2, 0.25) is 10.0 Å². The minimum absolute atomic E-state index is 0.715. The maximum Gasteiger partial charge on any atom is 0.0542 e. The summed E-state index contributed by atoms with van der Waals surface area (Å²) < 4.78 is 0. The van der Waals surface area contributed by atoms with Gasteiger partial charge in [0.2, 0.25) is 0 Å². The first kappa shape index (κ1) is 15.9. The monoisotopic (exact) mass is 343 g/mol. The van der Waals surface area contributed by atoms with Crippen LogP contribution in [0, 0.1) is 6.92 Å². The maximum absolute atomic E-state index is 6.13. The summed E-state index contributed by atoms with van der Waals surface area (Å²) in [5.74, 6) is 1.93. The highest BCUT2D eigenvalue weighted by Crippen LogP contribution is 2.32. The van der Waals surface area contributed by atoms with Crippen LogP contribution in [0.25, 0.3) is 0 Å². The number of benzene rings is 2. The molecule has 2 aromatic carbocycles. The zero-order valence-corrected chi connectivity index (χ0v) is 14.2. The van der Waals surface area contributed by atoms with Crippen LogP contribution in [0.5, 0.6) is 0 Å². The van der Waals surface area contributed by atoms with E-state index in [4.69, 9.17) is 28.9 Å². The largest absolute Gasteiger partial charge is 0.398 e. The minimum atomic E-state index is 0.715. The van der Waals surface area contributed by atoms with Gasteiger partial charge in [0.05, 0.1) is 5.02 Å². The number of aryl methyl sites for hydroxylation is 1. The van der Waals surface area contributed by atoms with Crippen molar-refractivity contribution in [3.63, 3.8) is 0 Å². The summed E-state index contributed by atoms with van der Waals surface area (Å²) in [5.41, 5.74) is 8.03. The van der Waals surface area contributed by atoms with Gasteiger partial charge in [-0.1, -0.05) is 29.3 Å². The molecule has 0 aliphatic carbocycles. The van der Waals surface area contributed by atoms with E-state index in [0.717, 1.165) is 32.0 Å². The lowest BCUT2D eigenvalue weighted by Crippen LogP contribution is -1.91. The predicted molar refractivity (Wildman–Crippen MR) is 93.5 cm³/mol. The van der Waals surface area contributed by atoms with E-state index in [2.05, 4.69) is 12.1 Å². The van der Waals surface area contributed by atoms with Crippen molar-refractivity contribution in [2.75, 3.05) is 17.2 Å². The number of thioether (sulfide) groups is 2. The Morgan fingerprint density at radius 1 is 0.950 bits per heavy atom. The van der Waals surface area contributed by atoms with Crippen LogP contribution in [0.1, 0.15) is 5.56 Å². The number of nitrogens with two attached hydrogens (primary N) is 1. The summed E-state index contributed by atoms with van der Waals surface area (Å²) in [7, 11) is 0. The smallest absolute Gasteiger partial charge is 0.0542 e. The molecule has 1 nitrogen and oxygen atoms in total. The van der Waals surface area contributed by atoms with Gasteiger partial charge < -0.3 is 5.73 Å². The Labute approximate surface area is 138 Å². The number of nitrogen functional groups attached to an aromatic ring is 1. The summed E-state index contributed by atoms with van der Waals surface area (Å²) in [6.07, 6.45) is 0. The molecule has 2 rings (SSSR count). The third-order valence-electron chi connectivity index (χ3n) is 2.66. The van der Waals surface area contributed by atoms with Gasteiger partial charge in [-0.15, -0.1) is 23.5 Å². The Bertz CT molecular complexity index is 602. The van der Waals surface area contributed by atoms with Gasteiger partial charge in [0.15, 0.2) is 0 Å². The fourth-order valence-electron chi connectivity index (χ4n) is 1.69. The second kappa shape index (κ2) is 7.51. The molecule has 0 unspecified atom stereocenters. The fraction of sp³-hybridized carbons (Fsp3) is 0.200. The van der Waals surface area contributed by atoms with Crippen LogP contribution in [0.4, 0.5) is 5.69 Å². The Kier molecular flexibility index (Phi) is 5.97. The topological polar surface area (TPSA) is 26.0 Å². The van der Waals surface area contributed by atoms with Crippen LogP contribution >= 0.6 is 46.7 Å². The van der Waals surface area contributed by atoms with E-state index in [1.165, 1.54) is 5.56 Å². The summed E-state index contributed by atoms with van der Waals surface area (Å²) in [4.78, 5) is 2.16. The summed E-state index contributed by atoms with van der Waals surface area (Å²) in [6.45, 7) is 2.04. The summed E-state index contributed by atoms with van der Waals surface area (Å²) in [5, 5.41) is 1.46. The third kappa shape index (κ3) is 4.52. The van der Waals surface area contributed by atoms with Gasteiger partial charge in [-0.05, 0) is 42.8 Å². The van der Waals surface area contributed by atoms with Gasteiger partial charge in [0.1, 0.15) is 0 Å². The number of rotatable bonds is 5. The van der Waals surface area contributed by atoms with Gasteiger partial charge in [-0.2, -0.15) is 0 Å². The molecule has 0 heterocycles. The van der Waals surface area contributed by atoms with E-state index in [1.807, 2.05) is 25.1 Å². The Morgan fingerprint density at radius 2 is 1.65 bits per heavy atom. The average Bonchev–Trinajstić information content (AvgIpc) is 2.40. The van der Waals surface area contributed by atoms with Crippen molar-refractivity contribution < 1.29 is 0 Å². The third-order valence-corrected chi connectivity index (χ3v) is 5.74. The maximum atomic E-state index is 6.13. The zero-order valence-electron chi connectivity index (χ0n) is 11.0. The SMILES string of the molecule is Cc1ccc(SCCSc2cc(Cl)ccc2Cl)c(N)c1. The van der Waals surface area contributed by atoms with Crippen LogP contribution in [0.15, 0.2) is 46.2 Å². The first-order chi connectivity index (χ1) is 9.56. The number of hydrogen-bond acceptors (Lipinski definition) is 3. The first-order valence-electron chi connectivity index (χ1n) is 6.13. The van der Waals surface area contributed by atoms with Crippen molar-refractivity contribution in [2.45, 2.75) is 16.7 Å². The number of anilines is 1. The highest BCUT2D eigenvalue weighted by molar-refractivity contribution is 8.03. The lowest BCUT2D eigenvalue weighted by atomic mass is 10.2. The van der Waals surface area contributed by atoms with Crippen LogP contribution < -0.4 is 5.73 Å². The van der Waals surface area contributed by atoms with E-state index in [0.29, 0.717) is 5.02 Å². The first-order valence-corrected chi connectivity index (χ1v) is 8.86. The number of halogens is 2. The molecule has 0 bridgehead atoms. The van der Waals surface area contributed by atoms with Gasteiger partial charge in [0, 0.05) is 32.0 Å². The van der Waals surface area contributed by atoms with Crippen molar-refractivity contribution in [2.24, 2.45) is 0 Å². The van der Waals surface area contributed by atoms with Gasteiger partial charge in [0.25, 0.3) is 0 Å². The quantitative estimate of drug-likeness (QED) is 0.424. The zero-order chi connectivity index (χ0) is 14.5. The van der Waals surface area contributed by atoms with Gasteiger partial charge in [-0.25, -0.2) is 0 Å².